The molecule has 0 fully saturated rings. The second kappa shape index (κ2) is 12.7. The number of carbonyl (C=O) groups excluding carboxylic acids is 1. The normalized spacial score (nSPS) is 10.6. The van der Waals surface area contributed by atoms with Crippen molar-refractivity contribution in [3.8, 4) is 0 Å². The van der Waals surface area contributed by atoms with Crippen LogP contribution in [0.3, 0.4) is 0 Å². The second-order valence-corrected chi connectivity index (χ2v) is 6.42. The fraction of sp³-hybridized carbons (Fsp3) is 0.611. The lowest BCUT2D eigenvalue weighted by molar-refractivity contribution is -0.121. The molecule has 0 unspecified atom stereocenters. The van der Waals surface area contributed by atoms with Crippen molar-refractivity contribution in [1.29, 1.82) is 0 Å². The number of amides is 1. The summed E-state index contributed by atoms with van der Waals surface area (Å²) in [6.07, 6.45) is 6.82. The zero-order valence-electron chi connectivity index (χ0n) is 13.6. The molecule has 0 aliphatic rings. The van der Waals surface area contributed by atoms with Crippen LogP contribution in [-0.4, -0.2) is 25.7 Å². The molecule has 1 amide bonds. The monoisotopic (exact) mass is 369 g/mol. The molecule has 0 bridgehead atoms. The van der Waals surface area contributed by atoms with E-state index in [1.54, 1.807) is 0 Å². The number of rotatable bonds is 12. The summed E-state index contributed by atoms with van der Waals surface area (Å²) in [5.41, 5.74) is 1.33. The van der Waals surface area contributed by atoms with Gasteiger partial charge in [0, 0.05) is 30.7 Å². The third-order valence-corrected chi connectivity index (χ3v) is 3.99. The van der Waals surface area contributed by atoms with Crippen LogP contribution in [0.2, 0.25) is 0 Å². The SMILES string of the molecule is CCCCOCCCNC(=O)CCCCc1ccc(Br)cc1. The molecule has 1 aromatic carbocycles. The van der Waals surface area contributed by atoms with E-state index in [2.05, 4.69) is 52.4 Å². The van der Waals surface area contributed by atoms with Crippen molar-refractivity contribution in [1.82, 2.24) is 5.32 Å². The highest BCUT2D eigenvalue weighted by Crippen LogP contribution is 2.12. The Balaban J connectivity index is 1.94. The third-order valence-electron chi connectivity index (χ3n) is 3.46. The maximum Gasteiger partial charge on any atom is 0.219 e. The highest BCUT2D eigenvalue weighted by atomic mass is 79.9. The Labute approximate surface area is 143 Å². The number of benzene rings is 1. The van der Waals surface area contributed by atoms with Crippen LogP contribution in [-0.2, 0) is 16.0 Å². The van der Waals surface area contributed by atoms with Gasteiger partial charge in [0.1, 0.15) is 0 Å². The highest BCUT2D eigenvalue weighted by Gasteiger charge is 2.01. The molecule has 0 aromatic heterocycles. The van der Waals surface area contributed by atoms with E-state index in [1.165, 1.54) is 5.56 Å². The Kier molecular flexibility index (Phi) is 11.0. The topological polar surface area (TPSA) is 38.3 Å². The van der Waals surface area contributed by atoms with Crippen LogP contribution in [0.1, 0.15) is 51.0 Å². The fourth-order valence-electron chi connectivity index (χ4n) is 2.10. The maximum atomic E-state index is 11.7. The molecule has 0 aliphatic carbocycles. The van der Waals surface area contributed by atoms with Gasteiger partial charge in [-0.25, -0.2) is 0 Å². The Hall–Kier alpha value is -0.870. The summed E-state index contributed by atoms with van der Waals surface area (Å²) < 4.78 is 6.56. The van der Waals surface area contributed by atoms with E-state index < -0.39 is 0 Å². The molecule has 1 aromatic rings. The predicted octanol–water partition coefficient (Wildman–Crippen LogP) is 4.48. The fourth-order valence-corrected chi connectivity index (χ4v) is 2.37. The van der Waals surface area contributed by atoms with Crippen LogP contribution in [0, 0.1) is 0 Å². The van der Waals surface area contributed by atoms with Gasteiger partial charge in [-0.1, -0.05) is 41.4 Å². The van der Waals surface area contributed by atoms with Gasteiger partial charge in [-0.3, -0.25) is 4.79 Å². The molecule has 0 saturated carbocycles. The zero-order valence-corrected chi connectivity index (χ0v) is 15.2. The van der Waals surface area contributed by atoms with Gasteiger partial charge in [0.05, 0.1) is 0 Å². The summed E-state index contributed by atoms with van der Waals surface area (Å²) in [6, 6.07) is 8.38. The molecule has 0 saturated heterocycles. The van der Waals surface area contributed by atoms with Gasteiger partial charge in [0.25, 0.3) is 0 Å². The van der Waals surface area contributed by atoms with Gasteiger partial charge in [0.15, 0.2) is 0 Å². The molecule has 0 heterocycles. The van der Waals surface area contributed by atoms with Gasteiger partial charge < -0.3 is 10.1 Å². The molecule has 0 spiro atoms. The van der Waals surface area contributed by atoms with E-state index in [1.807, 2.05) is 0 Å². The summed E-state index contributed by atoms with van der Waals surface area (Å²) in [6.45, 7) is 4.45. The van der Waals surface area contributed by atoms with Crippen molar-refractivity contribution in [2.45, 2.75) is 51.9 Å². The number of unbranched alkanes of at least 4 members (excludes halogenated alkanes) is 2. The first-order valence-electron chi connectivity index (χ1n) is 8.31. The molecule has 0 radical (unpaired) electrons. The average molecular weight is 370 g/mol. The second-order valence-electron chi connectivity index (χ2n) is 5.50. The van der Waals surface area contributed by atoms with Crippen molar-refractivity contribution >= 4 is 21.8 Å². The van der Waals surface area contributed by atoms with Crippen molar-refractivity contribution < 1.29 is 9.53 Å². The highest BCUT2D eigenvalue weighted by molar-refractivity contribution is 9.10. The number of ether oxygens (including phenoxy) is 1. The maximum absolute atomic E-state index is 11.7. The molecule has 3 nitrogen and oxygen atoms in total. The minimum absolute atomic E-state index is 0.157. The van der Waals surface area contributed by atoms with Gasteiger partial charge >= 0.3 is 0 Å². The molecule has 0 atom stereocenters. The van der Waals surface area contributed by atoms with Gasteiger partial charge in [-0.2, -0.15) is 0 Å². The van der Waals surface area contributed by atoms with E-state index in [9.17, 15) is 4.79 Å². The number of carbonyl (C=O) groups is 1. The van der Waals surface area contributed by atoms with Crippen LogP contribution in [0.15, 0.2) is 28.7 Å². The van der Waals surface area contributed by atoms with Crippen LogP contribution in [0.25, 0.3) is 0 Å². The van der Waals surface area contributed by atoms with Crippen molar-refractivity contribution in [3.05, 3.63) is 34.3 Å². The Bertz CT molecular complexity index is 406. The molecule has 0 aliphatic heterocycles. The molecular weight excluding hydrogens is 342 g/mol. The summed E-state index contributed by atoms with van der Waals surface area (Å²) >= 11 is 3.43. The first kappa shape index (κ1) is 19.2. The van der Waals surface area contributed by atoms with Gasteiger partial charge in [-0.15, -0.1) is 0 Å². The predicted molar refractivity (Wildman–Crippen MR) is 95.1 cm³/mol. The lowest BCUT2D eigenvalue weighted by Crippen LogP contribution is -2.24. The van der Waals surface area contributed by atoms with Crippen molar-refractivity contribution in [3.63, 3.8) is 0 Å². The summed E-state index contributed by atoms with van der Waals surface area (Å²) in [4.78, 5) is 11.7. The number of hydrogen-bond acceptors (Lipinski definition) is 2. The van der Waals surface area contributed by atoms with E-state index >= 15 is 0 Å². The van der Waals surface area contributed by atoms with E-state index in [-0.39, 0.29) is 5.91 Å². The molecule has 124 valence electrons. The van der Waals surface area contributed by atoms with Crippen molar-refractivity contribution in [2.75, 3.05) is 19.8 Å². The molecular formula is C18H28BrNO2. The summed E-state index contributed by atoms with van der Waals surface area (Å²) in [7, 11) is 0. The molecule has 4 heteroatoms. The van der Waals surface area contributed by atoms with Gasteiger partial charge in [-0.05, 0) is 49.8 Å². The quantitative estimate of drug-likeness (QED) is 0.551. The first-order valence-corrected chi connectivity index (χ1v) is 9.10. The molecule has 22 heavy (non-hydrogen) atoms. The lowest BCUT2D eigenvalue weighted by Gasteiger charge is -2.06. The van der Waals surface area contributed by atoms with E-state index in [0.717, 1.165) is 62.8 Å². The van der Waals surface area contributed by atoms with Crippen molar-refractivity contribution in [2.24, 2.45) is 0 Å². The van der Waals surface area contributed by atoms with Gasteiger partial charge in [0.2, 0.25) is 5.91 Å². The smallest absolute Gasteiger partial charge is 0.219 e. The van der Waals surface area contributed by atoms with Crippen LogP contribution in [0.5, 0.6) is 0 Å². The summed E-state index contributed by atoms with van der Waals surface area (Å²) in [5.74, 6) is 0.157. The number of hydrogen-bond donors (Lipinski definition) is 1. The van der Waals surface area contributed by atoms with Crippen LogP contribution in [0.4, 0.5) is 0 Å². The zero-order chi connectivity index (χ0) is 16.0. The van der Waals surface area contributed by atoms with E-state index in [4.69, 9.17) is 4.74 Å². The Morgan fingerprint density at radius 3 is 2.55 bits per heavy atom. The summed E-state index contributed by atoms with van der Waals surface area (Å²) in [5, 5.41) is 2.95. The number of nitrogens with one attached hydrogen (secondary N) is 1. The van der Waals surface area contributed by atoms with Crippen LogP contribution < -0.4 is 5.32 Å². The minimum Gasteiger partial charge on any atom is -0.381 e. The molecule has 1 N–H and O–H groups in total. The van der Waals surface area contributed by atoms with E-state index in [0.29, 0.717) is 6.42 Å². The average Bonchev–Trinajstić information content (AvgIpc) is 2.52. The Morgan fingerprint density at radius 1 is 1.09 bits per heavy atom. The third kappa shape index (κ3) is 9.96. The molecule has 1 rings (SSSR count). The Morgan fingerprint density at radius 2 is 1.82 bits per heavy atom. The number of halogens is 1. The van der Waals surface area contributed by atoms with Crippen LogP contribution >= 0.6 is 15.9 Å². The lowest BCUT2D eigenvalue weighted by atomic mass is 10.1. The minimum atomic E-state index is 0.157. The largest absolute Gasteiger partial charge is 0.381 e. The first-order chi connectivity index (χ1) is 10.7. The number of aryl methyl sites for hydroxylation is 1. The standard InChI is InChI=1S/C18H28BrNO2/c1-2-3-14-22-15-6-13-20-18(21)8-5-4-7-16-9-11-17(19)12-10-16/h9-12H,2-8,13-15H2,1H3,(H,20,21).